The normalized spacial score (nSPS) is 25.2. The Morgan fingerprint density at radius 2 is 1.66 bits per heavy atom. The average Bonchev–Trinajstić information content (AvgIpc) is 3.58. The highest BCUT2D eigenvalue weighted by Crippen LogP contribution is 2.53. The van der Waals surface area contributed by atoms with E-state index in [9.17, 15) is 8.42 Å². The molecule has 0 spiro atoms. The Morgan fingerprint density at radius 1 is 0.977 bits per heavy atom. The highest BCUT2D eigenvalue weighted by molar-refractivity contribution is 7.95. The van der Waals surface area contributed by atoms with Crippen LogP contribution in [0.15, 0.2) is 89.1 Å². The summed E-state index contributed by atoms with van der Waals surface area (Å²) >= 11 is 0. The first kappa shape index (κ1) is 31.3. The molecule has 1 atom stereocenters. The maximum absolute atomic E-state index is 13.0. The van der Waals surface area contributed by atoms with Gasteiger partial charge in [-0.1, -0.05) is 56.7 Å². The highest BCUT2D eigenvalue weighted by atomic mass is 32.2. The van der Waals surface area contributed by atoms with Crippen molar-refractivity contribution in [3.63, 3.8) is 0 Å². The van der Waals surface area contributed by atoms with E-state index in [0.29, 0.717) is 11.3 Å². The van der Waals surface area contributed by atoms with E-state index in [0.717, 1.165) is 50.3 Å². The number of benzene rings is 1. The van der Waals surface area contributed by atoms with Crippen molar-refractivity contribution in [1.29, 1.82) is 0 Å². The molecule has 1 aromatic heterocycles. The topological polar surface area (TPSA) is 56.8 Å². The molecule has 7 heteroatoms. The van der Waals surface area contributed by atoms with Crippen LogP contribution in [0, 0.1) is 17.8 Å². The van der Waals surface area contributed by atoms with Crippen molar-refractivity contribution in [2.24, 2.45) is 17.8 Å². The molecule has 0 bridgehead atoms. The van der Waals surface area contributed by atoms with Crippen LogP contribution in [0.2, 0.25) is 0 Å². The molecule has 44 heavy (non-hydrogen) atoms. The lowest BCUT2D eigenvalue weighted by molar-refractivity contribution is 0.0259. The number of likely N-dealkylation sites (tertiary alicyclic amines) is 2. The van der Waals surface area contributed by atoms with E-state index in [1.165, 1.54) is 88.8 Å². The third-order valence-corrected chi connectivity index (χ3v) is 13.0. The lowest BCUT2D eigenvalue weighted by atomic mass is 9.57. The number of nitrogens with zero attached hydrogens (tertiary/aromatic N) is 4. The van der Waals surface area contributed by atoms with Crippen molar-refractivity contribution in [3.8, 4) is 0 Å². The van der Waals surface area contributed by atoms with Crippen molar-refractivity contribution in [1.82, 2.24) is 19.7 Å². The summed E-state index contributed by atoms with van der Waals surface area (Å²) in [5, 5.41) is 0. The minimum absolute atomic E-state index is 0.209. The number of allylic oxidation sites excluding steroid dienone is 4. The number of piperidine rings is 1. The molecule has 2 aromatic rings. The van der Waals surface area contributed by atoms with E-state index >= 15 is 0 Å². The fraction of sp³-hybridized carbons (Fsp3) is 0.541. The van der Waals surface area contributed by atoms with Crippen molar-refractivity contribution in [3.05, 3.63) is 95.3 Å². The average molecular weight is 615 g/mol. The molecule has 4 aliphatic rings. The zero-order chi connectivity index (χ0) is 30.7. The highest BCUT2D eigenvalue weighted by Gasteiger charge is 2.51. The van der Waals surface area contributed by atoms with Gasteiger partial charge in [0.15, 0.2) is 0 Å². The second kappa shape index (κ2) is 13.3. The number of pyridine rings is 1. The van der Waals surface area contributed by atoms with Crippen LogP contribution in [0.25, 0.3) is 0 Å². The molecule has 0 amide bonds. The lowest BCUT2D eigenvalue weighted by Crippen LogP contribution is -2.57. The van der Waals surface area contributed by atoms with Gasteiger partial charge in [0.25, 0.3) is 0 Å². The molecule has 236 valence electrons. The van der Waals surface area contributed by atoms with Crippen LogP contribution in [0.3, 0.4) is 0 Å². The van der Waals surface area contributed by atoms with Crippen molar-refractivity contribution in [2.45, 2.75) is 69.2 Å². The Balaban J connectivity index is 1.06. The van der Waals surface area contributed by atoms with E-state index in [1.54, 1.807) is 17.2 Å². The molecule has 3 aliphatic heterocycles. The van der Waals surface area contributed by atoms with Crippen LogP contribution in [0.1, 0.15) is 63.5 Å². The summed E-state index contributed by atoms with van der Waals surface area (Å²) in [4.78, 5) is 12.2. The van der Waals surface area contributed by atoms with Crippen molar-refractivity contribution in [2.75, 3.05) is 45.8 Å². The first-order chi connectivity index (χ1) is 21.3. The van der Waals surface area contributed by atoms with Gasteiger partial charge in [0, 0.05) is 62.1 Å². The number of likely N-dealkylation sites (N-methyl/N-ethyl adjacent to an activating group) is 1. The van der Waals surface area contributed by atoms with Gasteiger partial charge in [-0.3, -0.25) is 9.88 Å². The minimum atomic E-state index is -3.60. The monoisotopic (exact) mass is 614 g/mol. The molecule has 0 radical (unpaired) electrons. The fourth-order valence-electron chi connectivity index (χ4n) is 8.76. The maximum atomic E-state index is 13.0. The number of aromatic nitrogens is 1. The first-order valence-electron chi connectivity index (χ1n) is 16.8. The van der Waals surface area contributed by atoms with Gasteiger partial charge in [0.2, 0.25) is 9.84 Å². The largest absolute Gasteiger partial charge is 0.374 e. The van der Waals surface area contributed by atoms with Gasteiger partial charge in [0.05, 0.1) is 9.80 Å². The zero-order valence-corrected chi connectivity index (χ0v) is 27.5. The molecule has 2 saturated heterocycles. The predicted octanol–water partition coefficient (Wildman–Crippen LogP) is 6.44. The number of hydrogen-bond acceptors (Lipinski definition) is 6. The summed E-state index contributed by atoms with van der Waals surface area (Å²) in [6.45, 7) is 17.3. The standard InChI is InChI=1S/C37H50N4O2S/c1-4-34(44(42,43)35-16-20-38-21-17-35)15-14-29(3)41-25-30(26-41)24-40-22-18-33(19-23-40)37(32-11-7-8-12-32)28-39(5-2)27-31-10-6-9-13-36(31)37/h4,6,9-10,13-17,20-21,30,32-33H,1,5,7-8,11-12,18-19,22-28H2,2-3H3/b29-14+,34-15+. The molecule has 6 rings (SSSR count). The van der Waals surface area contributed by atoms with E-state index in [1.807, 2.05) is 6.08 Å². The van der Waals surface area contributed by atoms with Gasteiger partial charge in [-0.25, -0.2) is 8.42 Å². The lowest BCUT2D eigenvalue weighted by Gasteiger charge is -2.54. The van der Waals surface area contributed by atoms with Gasteiger partial charge in [0.1, 0.15) is 0 Å². The third-order valence-electron chi connectivity index (χ3n) is 11.2. The van der Waals surface area contributed by atoms with E-state index in [2.05, 4.69) is 64.4 Å². The molecular formula is C37H50N4O2S. The summed E-state index contributed by atoms with van der Waals surface area (Å²) in [5.41, 5.74) is 4.68. The first-order valence-corrected chi connectivity index (χ1v) is 18.3. The number of hydrogen-bond donors (Lipinski definition) is 0. The Kier molecular flexibility index (Phi) is 9.46. The van der Waals surface area contributed by atoms with E-state index < -0.39 is 9.84 Å². The van der Waals surface area contributed by atoms with Gasteiger partial charge >= 0.3 is 0 Å². The Morgan fingerprint density at radius 3 is 2.34 bits per heavy atom. The second-order valence-corrected chi connectivity index (χ2v) is 15.5. The van der Waals surface area contributed by atoms with Gasteiger partial charge in [-0.2, -0.15) is 0 Å². The molecule has 1 aromatic carbocycles. The van der Waals surface area contributed by atoms with E-state index in [4.69, 9.17) is 0 Å². The maximum Gasteiger partial charge on any atom is 0.206 e. The smallest absolute Gasteiger partial charge is 0.206 e. The zero-order valence-electron chi connectivity index (χ0n) is 26.7. The molecule has 6 nitrogen and oxygen atoms in total. The van der Waals surface area contributed by atoms with Crippen LogP contribution in [-0.2, 0) is 21.8 Å². The molecule has 0 N–H and O–H groups in total. The molecule has 1 aliphatic carbocycles. The van der Waals surface area contributed by atoms with Crippen LogP contribution in [-0.4, -0.2) is 73.9 Å². The Bertz CT molecular complexity index is 1470. The molecule has 4 heterocycles. The predicted molar refractivity (Wildman–Crippen MR) is 179 cm³/mol. The third kappa shape index (κ3) is 6.08. The summed E-state index contributed by atoms with van der Waals surface area (Å²) in [5.74, 6) is 2.24. The molecule has 1 saturated carbocycles. The summed E-state index contributed by atoms with van der Waals surface area (Å²) in [7, 11) is -3.60. The minimum Gasteiger partial charge on any atom is -0.374 e. The summed E-state index contributed by atoms with van der Waals surface area (Å²) in [6.07, 6.45) is 16.2. The number of rotatable bonds is 10. The second-order valence-electron chi connectivity index (χ2n) is 13.6. The Hall–Kier alpha value is -2.74. The van der Waals surface area contributed by atoms with Gasteiger partial charge < -0.3 is 9.80 Å². The number of fused-ring (bicyclic) bond motifs is 1. The SMILES string of the molecule is C=C/C(=C\C=C(/C)N1CC(CN2CCC(C3(C4CCCC4)CN(CC)Cc4ccccc43)CC2)C1)S(=O)(=O)c1ccncc1. The van der Waals surface area contributed by atoms with Crippen molar-refractivity contribution < 1.29 is 8.42 Å². The van der Waals surface area contributed by atoms with Crippen LogP contribution >= 0.6 is 0 Å². The molecule has 1 unspecified atom stereocenters. The van der Waals surface area contributed by atoms with Crippen LogP contribution < -0.4 is 0 Å². The quantitative estimate of drug-likeness (QED) is 0.287. The number of sulfone groups is 1. The van der Waals surface area contributed by atoms with Crippen LogP contribution in [0.5, 0.6) is 0 Å². The van der Waals surface area contributed by atoms with Crippen LogP contribution in [0.4, 0.5) is 0 Å². The van der Waals surface area contributed by atoms with Gasteiger partial charge in [-0.15, -0.1) is 0 Å². The molecule has 3 fully saturated rings. The van der Waals surface area contributed by atoms with Gasteiger partial charge in [-0.05, 0) is 99.5 Å². The molecular weight excluding hydrogens is 565 g/mol. The summed E-state index contributed by atoms with van der Waals surface area (Å²) < 4.78 is 26.0. The fourth-order valence-corrected chi connectivity index (χ4v) is 9.98. The Labute approximate surface area is 265 Å². The van der Waals surface area contributed by atoms with Crippen molar-refractivity contribution >= 4 is 9.84 Å². The summed E-state index contributed by atoms with van der Waals surface area (Å²) in [6, 6.07) is 12.5. The van der Waals surface area contributed by atoms with E-state index in [-0.39, 0.29) is 9.80 Å².